The second-order valence-electron chi connectivity index (χ2n) is 4.07. The van der Waals surface area contributed by atoms with Gasteiger partial charge in [0, 0.05) is 6.07 Å². The number of carboxylic acids is 1. The molecule has 0 saturated heterocycles. The third kappa shape index (κ3) is 4.28. The Morgan fingerprint density at radius 3 is 2.86 bits per heavy atom. The molecule has 110 valence electrons. The molecule has 0 fully saturated rings. The highest BCUT2D eigenvalue weighted by Gasteiger charge is 2.13. The summed E-state index contributed by atoms with van der Waals surface area (Å²) in [4.78, 5) is 22.7. The number of carbonyl (C=O) groups is 2. The topological polar surface area (TPSA) is 75.6 Å². The third-order valence-corrected chi connectivity index (χ3v) is 3.43. The second-order valence-corrected chi connectivity index (χ2v) is 4.99. The van der Waals surface area contributed by atoms with Crippen molar-refractivity contribution in [1.82, 2.24) is 0 Å². The third-order valence-electron chi connectivity index (χ3n) is 2.53. The standard InChI is InChI=1S/C14H12FNO4S/c15-9-2-1-3-10(8-9)20-6-4-12(17)16-11-5-7-21-13(11)14(18)19/h1-3,5,7-8H,4,6H2,(H,16,17)(H,18,19). The number of halogens is 1. The number of anilines is 1. The summed E-state index contributed by atoms with van der Waals surface area (Å²) in [6.07, 6.45) is 0.0332. The number of carbonyl (C=O) groups excluding carboxylic acids is 1. The van der Waals surface area contributed by atoms with E-state index in [2.05, 4.69) is 5.32 Å². The highest BCUT2D eigenvalue weighted by Crippen LogP contribution is 2.22. The lowest BCUT2D eigenvalue weighted by molar-refractivity contribution is -0.116. The fourth-order valence-corrected chi connectivity index (χ4v) is 2.29. The van der Waals surface area contributed by atoms with Crippen molar-refractivity contribution in [3.8, 4) is 5.75 Å². The first-order valence-electron chi connectivity index (χ1n) is 6.05. The summed E-state index contributed by atoms with van der Waals surface area (Å²) in [5.74, 6) is -1.53. The average molecular weight is 309 g/mol. The van der Waals surface area contributed by atoms with Gasteiger partial charge in [-0.3, -0.25) is 4.79 Å². The van der Waals surface area contributed by atoms with Gasteiger partial charge in [-0.25, -0.2) is 9.18 Å². The molecule has 0 aliphatic rings. The summed E-state index contributed by atoms with van der Waals surface area (Å²) < 4.78 is 18.2. The highest BCUT2D eigenvalue weighted by atomic mass is 32.1. The number of amides is 1. The summed E-state index contributed by atoms with van der Waals surface area (Å²) in [6.45, 7) is 0.0713. The van der Waals surface area contributed by atoms with Crippen molar-refractivity contribution in [2.24, 2.45) is 0 Å². The van der Waals surface area contributed by atoms with Gasteiger partial charge in [0.05, 0.1) is 18.7 Å². The molecule has 2 rings (SSSR count). The summed E-state index contributed by atoms with van der Waals surface area (Å²) >= 11 is 1.03. The van der Waals surface area contributed by atoms with Crippen LogP contribution in [0.25, 0.3) is 0 Å². The van der Waals surface area contributed by atoms with Crippen LogP contribution in [0.3, 0.4) is 0 Å². The molecule has 0 aliphatic heterocycles. The molecule has 2 aromatic rings. The summed E-state index contributed by atoms with van der Waals surface area (Å²) in [6, 6.07) is 7.14. The Bertz CT molecular complexity index is 656. The summed E-state index contributed by atoms with van der Waals surface area (Å²) in [5, 5.41) is 13.0. The van der Waals surface area contributed by atoms with E-state index in [-0.39, 0.29) is 29.5 Å². The molecule has 7 heteroatoms. The van der Waals surface area contributed by atoms with Crippen LogP contribution in [0.2, 0.25) is 0 Å². The van der Waals surface area contributed by atoms with E-state index in [1.165, 1.54) is 24.3 Å². The Labute approximate surface area is 124 Å². The molecular formula is C14H12FNO4S. The zero-order valence-electron chi connectivity index (χ0n) is 10.8. The van der Waals surface area contributed by atoms with Crippen molar-refractivity contribution in [1.29, 1.82) is 0 Å². The minimum atomic E-state index is -1.09. The first kappa shape index (κ1) is 15.0. The minimum Gasteiger partial charge on any atom is -0.493 e. The molecule has 0 atom stereocenters. The van der Waals surface area contributed by atoms with E-state index in [1.54, 1.807) is 11.4 Å². The number of thiophene rings is 1. The normalized spacial score (nSPS) is 10.1. The molecule has 1 aromatic heterocycles. The lowest BCUT2D eigenvalue weighted by Gasteiger charge is -2.07. The summed E-state index contributed by atoms with van der Waals surface area (Å²) in [7, 11) is 0. The number of rotatable bonds is 6. The molecule has 5 nitrogen and oxygen atoms in total. The number of ether oxygens (including phenoxy) is 1. The van der Waals surface area contributed by atoms with E-state index in [0.717, 1.165) is 11.3 Å². The molecule has 0 aliphatic carbocycles. The maximum absolute atomic E-state index is 12.9. The van der Waals surface area contributed by atoms with E-state index in [4.69, 9.17) is 9.84 Å². The number of nitrogens with one attached hydrogen (secondary N) is 1. The number of hydrogen-bond acceptors (Lipinski definition) is 4. The molecule has 0 spiro atoms. The van der Waals surface area contributed by atoms with Crippen molar-refractivity contribution in [2.75, 3.05) is 11.9 Å². The van der Waals surface area contributed by atoms with Crippen LogP contribution in [0.4, 0.5) is 10.1 Å². The molecular weight excluding hydrogens is 297 g/mol. The number of hydrogen-bond donors (Lipinski definition) is 2. The van der Waals surface area contributed by atoms with Gasteiger partial charge in [0.15, 0.2) is 0 Å². The van der Waals surface area contributed by atoms with E-state index >= 15 is 0 Å². The molecule has 0 radical (unpaired) electrons. The Kier molecular flexibility index (Phi) is 4.89. The van der Waals surface area contributed by atoms with Crippen molar-refractivity contribution >= 4 is 28.9 Å². The van der Waals surface area contributed by atoms with E-state index < -0.39 is 11.8 Å². The van der Waals surface area contributed by atoms with Gasteiger partial charge in [-0.15, -0.1) is 11.3 Å². The van der Waals surface area contributed by atoms with Crippen LogP contribution >= 0.6 is 11.3 Å². The monoisotopic (exact) mass is 309 g/mol. The van der Waals surface area contributed by atoms with Crippen LogP contribution in [-0.4, -0.2) is 23.6 Å². The minimum absolute atomic E-state index is 0.0332. The molecule has 0 bridgehead atoms. The van der Waals surface area contributed by atoms with Gasteiger partial charge in [0.2, 0.25) is 5.91 Å². The van der Waals surface area contributed by atoms with Gasteiger partial charge in [-0.1, -0.05) is 6.07 Å². The van der Waals surface area contributed by atoms with Crippen LogP contribution < -0.4 is 10.1 Å². The van der Waals surface area contributed by atoms with Gasteiger partial charge in [0.1, 0.15) is 16.4 Å². The predicted molar refractivity (Wildman–Crippen MR) is 76.4 cm³/mol. The van der Waals surface area contributed by atoms with Crippen LogP contribution in [0.5, 0.6) is 5.75 Å². The SMILES string of the molecule is O=C(CCOc1cccc(F)c1)Nc1ccsc1C(=O)O. The van der Waals surface area contributed by atoms with Crippen LogP contribution in [0.15, 0.2) is 35.7 Å². The summed E-state index contributed by atoms with van der Waals surface area (Å²) in [5.41, 5.74) is 0.267. The van der Waals surface area contributed by atoms with Gasteiger partial charge in [0.25, 0.3) is 0 Å². The Morgan fingerprint density at radius 2 is 2.14 bits per heavy atom. The Balaban J connectivity index is 1.82. The fraction of sp³-hybridized carbons (Fsp3) is 0.143. The lowest BCUT2D eigenvalue weighted by atomic mass is 10.3. The zero-order valence-corrected chi connectivity index (χ0v) is 11.7. The van der Waals surface area contributed by atoms with Crippen molar-refractivity contribution in [3.63, 3.8) is 0 Å². The first-order valence-corrected chi connectivity index (χ1v) is 6.93. The molecule has 0 unspecified atom stereocenters. The molecule has 21 heavy (non-hydrogen) atoms. The largest absolute Gasteiger partial charge is 0.493 e. The van der Waals surface area contributed by atoms with E-state index in [0.29, 0.717) is 5.75 Å². The van der Waals surface area contributed by atoms with Gasteiger partial charge >= 0.3 is 5.97 Å². The first-order chi connectivity index (χ1) is 10.1. The number of carboxylic acid groups (broad SMARTS) is 1. The zero-order chi connectivity index (χ0) is 15.2. The molecule has 1 heterocycles. The van der Waals surface area contributed by atoms with Crippen molar-refractivity contribution < 1.29 is 23.8 Å². The number of aromatic carboxylic acids is 1. The van der Waals surface area contributed by atoms with E-state index in [1.807, 2.05) is 0 Å². The average Bonchev–Trinajstić information content (AvgIpc) is 2.87. The van der Waals surface area contributed by atoms with Gasteiger partial charge in [-0.2, -0.15) is 0 Å². The maximum atomic E-state index is 12.9. The van der Waals surface area contributed by atoms with Crippen LogP contribution in [-0.2, 0) is 4.79 Å². The number of benzene rings is 1. The quantitative estimate of drug-likeness (QED) is 0.860. The van der Waals surface area contributed by atoms with E-state index in [9.17, 15) is 14.0 Å². The molecule has 0 saturated carbocycles. The van der Waals surface area contributed by atoms with Crippen LogP contribution in [0, 0.1) is 5.82 Å². The van der Waals surface area contributed by atoms with Crippen molar-refractivity contribution in [3.05, 3.63) is 46.4 Å². The van der Waals surface area contributed by atoms with Gasteiger partial charge < -0.3 is 15.2 Å². The van der Waals surface area contributed by atoms with Gasteiger partial charge in [-0.05, 0) is 23.6 Å². The fourth-order valence-electron chi connectivity index (χ4n) is 1.60. The maximum Gasteiger partial charge on any atom is 0.348 e. The lowest BCUT2D eigenvalue weighted by Crippen LogP contribution is -2.16. The van der Waals surface area contributed by atoms with Crippen molar-refractivity contribution in [2.45, 2.75) is 6.42 Å². The smallest absolute Gasteiger partial charge is 0.348 e. The highest BCUT2D eigenvalue weighted by molar-refractivity contribution is 7.12. The molecule has 2 N–H and O–H groups in total. The predicted octanol–water partition coefficient (Wildman–Crippen LogP) is 2.99. The molecule has 1 amide bonds. The Hall–Kier alpha value is -2.41. The Morgan fingerprint density at radius 1 is 1.33 bits per heavy atom. The second kappa shape index (κ2) is 6.85. The molecule has 1 aromatic carbocycles. The van der Waals surface area contributed by atoms with Crippen LogP contribution in [0.1, 0.15) is 16.1 Å².